The molecule has 0 radical (unpaired) electrons. The Labute approximate surface area is 214 Å². The molecular weight excluding hydrogens is 488 g/mol. The van der Waals surface area contributed by atoms with Crippen LogP contribution in [0.25, 0.3) is 22.0 Å². The van der Waals surface area contributed by atoms with E-state index in [1.165, 1.54) is 18.2 Å². The number of hydrogen-bond acceptors (Lipinski definition) is 4. The number of urea groups is 1. The van der Waals surface area contributed by atoms with Gasteiger partial charge in [0.1, 0.15) is 11.5 Å². The summed E-state index contributed by atoms with van der Waals surface area (Å²) in [5.41, 5.74) is 2.33. The molecule has 1 N–H and O–H groups in total. The van der Waals surface area contributed by atoms with Crippen LogP contribution in [0.2, 0.25) is 5.02 Å². The van der Waals surface area contributed by atoms with Gasteiger partial charge in [-0.1, -0.05) is 66.2 Å². The zero-order chi connectivity index (χ0) is 23.7. The summed E-state index contributed by atoms with van der Waals surface area (Å²) in [4.78, 5) is 16.7. The van der Waals surface area contributed by atoms with E-state index in [1.807, 2.05) is 42.5 Å². The summed E-state index contributed by atoms with van der Waals surface area (Å²) in [6, 6.07) is 22.1. The standard InChI is InChI=1S/C26H23ClFN5O.ClH/c1-17-16-32(26(34)29-19-11-12-23(28)22(27)15-19)13-14-33(17)25-21-10-6-5-9-20(21)24(30-31-25)18-7-3-2-4-8-18;/h2-12,15,17H,13-14,16H2,1H3,(H,29,34);1H. The minimum absolute atomic E-state index is 0. The third-order valence-electron chi connectivity index (χ3n) is 6.07. The predicted molar refractivity (Wildman–Crippen MR) is 141 cm³/mol. The van der Waals surface area contributed by atoms with Gasteiger partial charge in [0.25, 0.3) is 0 Å². The van der Waals surface area contributed by atoms with Crippen molar-refractivity contribution >= 4 is 52.3 Å². The van der Waals surface area contributed by atoms with E-state index < -0.39 is 5.82 Å². The van der Waals surface area contributed by atoms with Crippen molar-refractivity contribution in [2.24, 2.45) is 0 Å². The molecule has 5 rings (SSSR count). The van der Waals surface area contributed by atoms with Gasteiger partial charge in [-0.05, 0) is 25.1 Å². The summed E-state index contributed by atoms with van der Waals surface area (Å²) in [5, 5.41) is 14.0. The molecule has 0 saturated carbocycles. The van der Waals surface area contributed by atoms with Gasteiger partial charge in [0.05, 0.1) is 5.02 Å². The van der Waals surface area contributed by atoms with Gasteiger partial charge >= 0.3 is 6.03 Å². The van der Waals surface area contributed by atoms with Crippen LogP contribution in [-0.4, -0.2) is 46.8 Å². The van der Waals surface area contributed by atoms with E-state index in [1.54, 1.807) is 4.90 Å². The third-order valence-corrected chi connectivity index (χ3v) is 6.36. The first-order valence-corrected chi connectivity index (χ1v) is 11.5. The Kier molecular flexibility index (Phi) is 7.38. The Morgan fingerprint density at radius 1 is 1.00 bits per heavy atom. The Balaban J connectivity index is 0.00000289. The van der Waals surface area contributed by atoms with E-state index in [9.17, 15) is 9.18 Å². The van der Waals surface area contributed by atoms with Crippen LogP contribution in [-0.2, 0) is 0 Å². The van der Waals surface area contributed by atoms with Crippen molar-refractivity contribution in [3.05, 3.63) is 83.6 Å². The SMILES string of the molecule is CC1CN(C(=O)Nc2ccc(F)c(Cl)c2)CCN1c1nnc(-c2ccccc2)c2ccccc12.Cl. The molecule has 180 valence electrons. The lowest BCUT2D eigenvalue weighted by molar-refractivity contribution is 0.200. The molecule has 1 saturated heterocycles. The summed E-state index contributed by atoms with van der Waals surface area (Å²) in [6.45, 7) is 3.70. The van der Waals surface area contributed by atoms with Crippen LogP contribution in [0.4, 0.5) is 20.7 Å². The molecule has 1 aliphatic rings. The number of nitrogens with zero attached hydrogens (tertiary/aromatic N) is 4. The minimum atomic E-state index is -0.520. The Morgan fingerprint density at radius 2 is 1.71 bits per heavy atom. The monoisotopic (exact) mass is 511 g/mol. The topological polar surface area (TPSA) is 61.4 Å². The molecule has 6 nitrogen and oxygen atoms in total. The second-order valence-electron chi connectivity index (χ2n) is 8.33. The number of piperazine rings is 1. The van der Waals surface area contributed by atoms with Crippen molar-refractivity contribution in [2.75, 3.05) is 29.9 Å². The summed E-state index contributed by atoms with van der Waals surface area (Å²) in [6.07, 6.45) is 0. The van der Waals surface area contributed by atoms with Crippen LogP contribution in [0.5, 0.6) is 0 Å². The van der Waals surface area contributed by atoms with Crippen molar-refractivity contribution in [1.29, 1.82) is 0 Å². The van der Waals surface area contributed by atoms with Crippen LogP contribution in [0, 0.1) is 5.82 Å². The van der Waals surface area contributed by atoms with E-state index in [2.05, 4.69) is 39.5 Å². The molecule has 1 aliphatic heterocycles. The fourth-order valence-corrected chi connectivity index (χ4v) is 4.52. The van der Waals surface area contributed by atoms with Gasteiger partial charge in [0, 0.05) is 47.7 Å². The van der Waals surface area contributed by atoms with Gasteiger partial charge in [0.2, 0.25) is 0 Å². The van der Waals surface area contributed by atoms with Gasteiger partial charge < -0.3 is 15.1 Å². The molecule has 0 bridgehead atoms. The van der Waals surface area contributed by atoms with Crippen molar-refractivity contribution in [2.45, 2.75) is 13.0 Å². The first-order valence-electron chi connectivity index (χ1n) is 11.1. The minimum Gasteiger partial charge on any atom is -0.348 e. The van der Waals surface area contributed by atoms with Gasteiger partial charge in [-0.3, -0.25) is 0 Å². The maximum Gasteiger partial charge on any atom is 0.321 e. The van der Waals surface area contributed by atoms with E-state index >= 15 is 0 Å². The highest BCUT2D eigenvalue weighted by Crippen LogP contribution is 2.32. The molecule has 1 fully saturated rings. The number of aromatic nitrogens is 2. The van der Waals surface area contributed by atoms with E-state index in [4.69, 9.17) is 11.6 Å². The normalized spacial score (nSPS) is 15.6. The second-order valence-corrected chi connectivity index (χ2v) is 8.74. The van der Waals surface area contributed by atoms with E-state index in [-0.39, 0.29) is 29.5 Å². The molecule has 0 aliphatic carbocycles. The van der Waals surface area contributed by atoms with Gasteiger partial charge in [-0.15, -0.1) is 22.6 Å². The lowest BCUT2D eigenvalue weighted by Gasteiger charge is -2.40. The molecule has 0 spiro atoms. The number of nitrogens with one attached hydrogen (secondary N) is 1. The molecule has 2 heterocycles. The van der Waals surface area contributed by atoms with E-state index in [0.29, 0.717) is 25.3 Å². The molecule has 1 aromatic heterocycles. The number of hydrogen-bond donors (Lipinski definition) is 1. The lowest BCUT2D eigenvalue weighted by Crippen LogP contribution is -2.55. The molecule has 2 amide bonds. The first kappa shape index (κ1) is 24.7. The van der Waals surface area contributed by atoms with Crippen molar-refractivity contribution in [3.63, 3.8) is 0 Å². The predicted octanol–water partition coefficient (Wildman–Crippen LogP) is 6.25. The van der Waals surface area contributed by atoms with Crippen molar-refractivity contribution in [3.8, 4) is 11.3 Å². The molecular formula is C26H24Cl2FN5O. The van der Waals surface area contributed by atoms with Gasteiger partial charge in [-0.25, -0.2) is 9.18 Å². The highest BCUT2D eigenvalue weighted by atomic mass is 35.5. The number of carbonyl (C=O) groups is 1. The molecule has 3 aromatic carbocycles. The number of carbonyl (C=O) groups excluding carboxylic acids is 1. The van der Waals surface area contributed by atoms with Crippen LogP contribution in [0.15, 0.2) is 72.8 Å². The van der Waals surface area contributed by atoms with Crippen LogP contribution < -0.4 is 10.2 Å². The molecule has 35 heavy (non-hydrogen) atoms. The third kappa shape index (κ3) is 5.01. The summed E-state index contributed by atoms with van der Waals surface area (Å²) in [7, 11) is 0. The average Bonchev–Trinajstić information content (AvgIpc) is 2.86. The highest BCUT2D eigenvalue weighted by Gasteiger charge is 2.29. The number of benzene rings is 3. The zero-order valence-electron chi connectivity index (χ0n) is 19.0. The maximum absolute atomic E-state index is 13.4. The quantitative estimate of drug-likeness (QED) is 0.352. The summed E-state index contributed by atoms with van der Waals surface area (Å²) < 4.78 is 13.4. The molecule has 4 aromatic rings. The molecule has 1 atom stereocenters. The van der Waals surface area contributed by atoms with Crippen molar-refractivity contribution < 1.29 is 9.18 Å². The second kappa shape index (κ2) is 10.5. The number of amides is 2. The van der Waals surface area contributed by atoms with Crippen LogP contribution >= 0.6 is 24.0 Å². The first-order chi connectivity index (χ1) is 16.5. The Hall–Kier alpha value is -3.42. The zero-order valence-corrected chi connectivity index (χ0v) is 20.6. The van der Waals surface area contributed by atoms with Crippen molar-refractivity contribution in [1.82, 2.24) is 15.1 Å². The maximum atomic E-state index is 13.4. The number of halogens is 3. The van der Waals surface area contributed by atoms with E-state index in [0.717, 1.165) is 27.8 Å². The average molecular weight is 512 g/mol. The Morgan fingerprint density at radius 3 is 2.43 bits per heavy atom. The highest BCUT2D eigenvalue weighted by molar-refractivity contribution is 6.31. The smallest absolute Gasteiger partial charge is 0.321 e. The number of fused-ring (bicyclic) bond motifs is 1. The number of rotatable bonds is 3. The fourth-order valence-electron chi connectivity index (χ4n) is 4.34. The largest absolute Gasteiger partial charge is 0.348 e. The Bertz CT molecular complexity index is 1350. The number of anilines is 2. The summed E-state index contributed by atoms with van der Waals surface area (Å²) >= 11 is 5.83. The lowest BCUT2D eigenvalue weighted by atomic mass is 10.0. The molecule has 1 unspecified atom stereocenters. The van der Waals surface area contributed by atoms with Gasteiger partial charge in [-0.2, -0.15) is 0 Å². The van der Waals surface area contributed by atoms with Crippen LogP contribution in [0.1, 0.15) is 6.92 Å². The van der Waals surface area contributed by atoms with Crippen LogP contribution in [0.3, 0.4) is 0 Å². The fraction of sp³-hybridized carbons (Fsp3) is 0.192. The summed E-state index contributed by atoms with van der Waals surface area (Å²) in [5.74, 6) is 0.293. The molecule has 9 heteroatoms. The van der Waals surface area contributed by atoms with Gasteiger partial charge in [0.15, 0.2) is 5.82 Å².